The van der Waals surface area contributed by atoms with E-state index >= 15 is 0 Å². The molecule has 0 amide bonds. The average molecular weight is 177 g/mol. The van der Waals surface area contributed by atoms with Crippen molar-refractivity contribution in [1.29, 1.82) is 0 Å². The standard InChI is InChI=1S/C11H15NO/c1-7-3-9-5-10(12)6-13-11(9)4-8(7)2/h3-4,10H,5-6,12H2,1-2H3/t10-/m1/s1. The Bertz CT molecular complexity index is 333. The minimum Gasteiger partial charge on any atom is -0.492 e. The molecule has 2 heteroatoms. The van der Waals surface area contributed by atoms with Crippen LogP contribution in [0.1, 0.15) is 16.7 Å². The maximum absolute atomic E-state index is 5.81. The van der Waals surface area contributed by atoms with E-state index in [9.17, 15) is 0 Å². The number of hydrogen-bond acceptors (Lipinski definition) is 2. The van der Waals surface area contributed by atoms with E-state index < -0.39 is 0 Å². The summed E-state index contributed by atoms with van der Waals surface area (Å²) in [6.07, 6.45) is 0.941. The first-order valence-corrected chi connectivity index (χ1v) is 4.65. The Morgan fingerprint density at radius 2 is 2.00 bits per heavy atom. The SMILES string of the molecule is Cc1cc2c(cc1C)OC[C@H](N)C2. The highest BCUT2D eigenvalue weighted by molar-refractivity contribution is 5.43. The molecule has 0 fully saturated rings. The van der Waals surface area contributed by atoms with Gasteiger partial charge in [-0.25, -0.2) is 0 Å². The van der Waals surface area contributed by atoms with E-state index in [0.29, 0.717) is 6.61 Å². The second-order valence-electron chi connectivity index (χ2n) is 3.82. The summed E-state index contributed by atoms with van der Waals surface area (Å²) in [4.78, 5) is 0. The van der Waals surface area contributed by atoms with Gasteiger partial charge < -0.3 is 10.5 Å². The Morgan fingerprint density at radius 1 is 1.31 bits per heavy atom. The predicted octanol–water partition coefficient (Wildman–Crippen LogP) is 1.57. The summed E-state index contributed by atoms with van der Waals surface area (Å²) in [6.45, 7) is 4.87. The largest absolute Gasteiger partial charge is 0.492 e. The van der Waals surface area contributed by atoms with Gasteiger partial charge in [0.05, 0.1) is 0 Å². The van der Waals surface area contributed by atoms with Gasteiger partial charge in [-0.1, -0.05) is 6.07 Å². The number of fused-ring (bicyclic) bond motifs is 1. The Balaban J connectivity index is 2.43. The summed E-state index contributed by atoms with van der Waals surface area (Å²) >= 11 is 0. The number of nitrogens with two attached hydrogens (primary N) is 1. The smallest absolute Gasteiger partial charge is 0.122 e. The van der Waals surface area contributed by atoms with Gasteiger partial charge in [-0.2, -0.15) is 0 Å². The lowest BCUT2D eigenvalue weighted by Crippen LogP contribution is -2.33. The fraction of sp³-hybridized carbons (Fsp3) is 0.455. The summed E-state index contributed by atoms with van der Waals surface area (Å²) in [5.41, 5.74) is 9.67. The van der Waals surface area contributed by atoms with Crippen LogP contribution in [-0.4, -0.2) is 12.6 Å². The molecule has 1 aliphatic rings. The Morgan fingerprint density at radius 3 is 2.77 bits per heavy atom. The summed E-state index contributed by atoms with van der Waals surface area (Å²) in [5, 5.41) is 0. The van der Waals surface area contributed by atoms with E-state index in [1.165, 1.54) is 16.7 Å². The van der Waals surface area contributed by atoms with Crippen LogP contribution >= 0.6 is 0 Å². The van der Waals surface area contributed by atoms with E-state index in [-0.39, 0.29) is 6.04 Å². The molecule has 1 heterocycles. The van der Waals surface area contributed by atoms with Crippen molar-refractivity contribution < 1.29 is 4.74 Å². The maximum atomic E-state index is 5.81. The molecule has 0 saturated heterocycles. The second-order valence-corrected chi connectivity index (χ2v) is 3.82. The van der Waals surface area contributed by atoms with Crippen molar-refractivity contribution >= 4 is 0 Å². The molecule has 2 nitrogen and oxygen atoms in total. The first-order chi connectivity index (χ1) is 6.16. The zero-order valence-electron chi connectivity index (χ0n) is 8.13. The highest BCUT2D eigenvalue weighted by Crippen LogP contribution is 2.27. The third-order valence-electron chi connectivity index (χ3n) is 2.61. The molecule has 2 N–H and O–H groups in total. The topological polar surface area (TPSA) is 35.2 Å². The number of hydrogen-bond donors (Lipinski definition) is 1. The molecule has 0 aliphatic carbocycles. The summed E-state index contributed by atoms with van der Waals surface area (Å²) in [7, 11) is 0. The van der Waals surface area contributed by atoms with Crippen molar-refractivity contribution in [2.75, 3.05) is 6.61 Å². The molecular formula is C11H15NO. The second kappa shape index (κ2) is 3.04. The van der Waals surface area contributed by atoms with Gasteiger partial charge in [0, 0.05) is 6.04 Å². The number of rotatable bonds is 0. The minimum atomic E-state index is 0.162. The van der Waals surface area contributed by atoms with Gasteiger partial charge in [-0.05, 0) is 43.0 Å². The Kier molecular flexibility index (Phi) is 2.00. The van der Waals surface area contributed by atoms with Gasteiger partial charge in [-0.15, -0.1) is 0 Å². The predicted molar refractivity (Wildman–Crippen MR) is 53.1 cm³/mol. The van der Waals surface area contributed by atoms with E-state index in [4.69, 9.17) is 10.5 Å². The zero-order valence-corrected chi connectivity index (χ0v) is 8.13. The van der Waals surface area contributed by atoms with Crippen LogP contribution in [0, 0.1) is 13.8 Å². The van der Waals surface area contributed by atoms with Crippen LogP contribution < -0.4 is 10.5 Å². The van der Waals surface area contributed by atoms with Crippen molar-refractivity contribution in [3.8, 4) is 5.75 Å². The molecule has 0 radical (unpaired) electrons. The molecule has 0 bridgehead atoms. The fourth-order valence-corrected chi connectivity index (χ4v) is 1.68. The number of aryl methyl sites for hydroxylation is 2. The van der Waals surface area contributed by atoms with Crippen LogP contribution in [0.25, 0.3) is 0 Å². The molecule has 1 atom stereocenters. The first kappa shape index (κ1) is 8.57. The van der Waals surface area contributed by atoms with Crippen molar-refractivity contribution in [3.63, 3.8) is 0 Å². The van der Waals surface area contributed by atoms with Crippen molar-refractivity contribution in [2.24, 2.45) is 5.73 Å². The van der Waals surface area contributed by atoms with Crippen LogP contribution in [0.2, 0.25) is 0 Å². The van der Waals surface area contributed by atoms with Gasteiger partial charge in [0.2, 0.25) is 0 Å². The molecule has 70 valence electrons. The first-order valence-electron chi connectivity index (χ1n) is 4.65. The number of ether oxygens (including phenoxy) is 1. The van der Waals surface area contributed by atoms with E-state index in [1.54, 1.807) is 0 Å². The Labute approximate surface area is 78.7 Å². The number of benzene rings is 1. The summed E-state index contributed by atoms with van der Waals surface area (Å²) in [6, 6.07) is 4.45. The van der Waals surface area contributed by atoms with E-state index in [1.807, 2.05) is 0 Å². The molecule has 0 spiro atoms. The highest BCUT2D eigenvalue weighted by atomic mass is 16.5. The van der Waals surface area contributed by atoms with Crippen LogP contribution in [0.3, 0.4) is 0 Å². The van der Waals surface area contributed by atoms with Gasteiger partial charge >= 0.3 is 0 Å². The normalized spacial score (nSPS) is 20.7. The summed E-state index contributed by atoms with van der Waals surface area (Å²) in [5.74, 6) is 1.02. The molecule has 1 aromatic rings. The van der Waals surface area contributed by atoms with E-state index in [2.05, 4.69) is 26.0 Å². The quantitative estimate of drug-likeness (QED) is 0.652. The van der Waals surface area contributed by atoms with Crippen LogP contribution in [0.4, 0.5) is 0 Å². The zero-order chi connectivity index (χ0) is 9.42. The average Bonchev–Trinajstić information content (AvgIpc) is 2.08. The van der Waals surface area contributed by atoms with Gasteiger partial charge in [0.15, 0.2) is 0 Å². The Hall–Kier alpha value is -1.02. The van der Waals surface area contributed by atoms with E-state index in [0.717, 1.165) is 12.2 Å². The monoisotopic (exact) mass is 177 g/mol. The summed E-state index contributed by atoms with van der Waals surface area (Å²) < 4.78 is 5.55. The minimum absolute atomic E-state index is 0.162. The molecule has 0 saturated carbocycles. The third kappa shape index (κ3) is 1.54. The maximum Gasteiger partial charge on any atom is 0.122 e. The van der Waals surface area contributed by atoms with Gasteiger partial charge in [0.1, 0.15) is 12.4 Å². The molecule has 13 heavy (non-hydrogen) atoms. The lowest BCUT2D eigenvalue weighted by molar-refractivity contribution is 0.263. The highest BCUT2D eigenvalue weighted by Gasteiger charge is 2.16. The van der Waals surface area contributed by atoms with Crippen LogP contribution in [-0.2, 0) is 6.42 Å². The molecule has 1 aromatic carbocycles. The van der Waals surface area contributed by atoms with Crippen LogP contribution in [0.15, 0.2) is 12.1 Å². The molecule has 0 aromatic heterocycles. The molecule has 2 rings (SSSR count). The van der Waals surface area contributed by atoms with Gasteiger partial charge in [-0.3, -0.25) is 0 Å². The molecule has 1 aliphatic heterocycles. The third-order valence-corrected chi connectivity index (χ3v) is 2.61. The van der Waals surface area contributed by atoms with Crippen LogP contribution in [0.5, 0.6) is 5.75 Å². The molecular weight excluding hydrogens is 162 g/mol. The molecule has 0 unspecified atom stereocenters. The van der Waals surface area contributed by atoms with Crippen molar-refractivity contribution in [3.05, 3.63) is 28.8 Å². The van der Waals surface area contributed by atoms with Crippen molar-refractivity contribution in [1.82, 2.24) is 0 Å². The van der Waals surface area contributed by atoms with Gasteiger partial charge in [0.25, 0.3) is 0 Å². The lowest BCUT2D eigenvalue weighted by Gasteiger charge is -2.23. The lowest BCUT2D eigenvalue weighted by atomic mass is 9.98. The fourth-order valence-electron chi connectivity index (χ4n) is 1.68. The van der Waals surface area contributed by atoms with Crippen molar-refractivity contribution in [2.45, 2.75) is 26.3 Å².